The van der Waals surface area contributed by atoms with Crippen molar-refractivity contribution in [3.05, 3.63) is 12.2 Å². The third-order valence-electron chi connectivity index (χ3n) is 4.59. The number of esters is 1. The molecule has 0 aliphatic rings. The van der Waals surface area contributed by atoms with Crippen LogP contribution in [0.15, 0.2) is 12.2 Å². The first-order chi connectivity index (χ1) is 14.2. The van der Waals surface area contributed by atoms with Gasteiger partial charge in [0, 0.05) is 6.42 Å². The number of allylic oxidation sites excluding steroid dienone is 1. The molecule has 30 heavy (non-hydrogen) atoms. The van der Waals surface area contributed by atoms with E-state index in [9.17, 15) is 19.6 Å². The summed E-state index contributed by atoms with van der Waals surface area (Å²) in [5.74, 6) is -0.458. The molecule has 0 heterocycles. The molecule has 0 radical (unpaired) electrons. The number of ether oxygens (including phenoxy) is 1. The van der Waals surface area contributed by atoms with E-state index < -0.39 is 26.5 Å². The summed E-state index contributed by atoms with van der Waals surface area (Å²) in [7, 11) is -4.64. The van der Waals surface area contributed by atoms with Crippen molar-refractivity contribution in [1.82, 2.24) is 0 Å². The molecule has 8 nitrogen and oxygen atoms in total. The van der Waals surface area contributed by atoms with Crippen LogP contribution in [0.5, 0.6) is 0 Å². The number of phosphoric ester groups is 1. The van der Waals surface area contributed by atoms with Crippen LogP contribution in [0.25, 0.3) is 0 Å². The Morgan fingerprint density at radius 2 is 1.57 bits per heavy atom. The molecule has 1 unspecified atom stereocenters. The molecule has 2 atom stereocenters. The first-order valence-corrected chi connectivity index (χ1v) is 12.7. The minimum absolute atomic E-state index is 0.232. The maximum Gasteiger partial charge on any atom is 0.469 e. The van der Waals surface area contributed by atoms with Gasteiger partial charge < -0.3 is 24.7 Å². The fourth-order valence-corrected chi connectivity index (χ4v) is 3.23. The lowest BCUT2D eigenvalue weighted by Crippen LogP contribution is -2.23. The normalized spacial score (nSPS) is 14.2. The highest BCUT2D eigenvalue weighted by Gasteiger charge is 2.17. The number of carbonyl (C=O) groups is 1. The molecule has 0 aromatic rings. The predicted octanol–water partition coefficient (Wildman–Crippen LogP) is 4.01. The van der Waals surface area contributed by atoms with Gasteiger partial charge in [-0.25, -0.2) is 4.57 Å². The lowest BCUT2D eigenvalue weighted by Gasteiger charge is -2.12. The average Bonchev–Trinajstić information content (AvgIpc) is 2.68. The lowest BCUT2D eigenvalue weighted by molar-refractivity contribution is -0.147. The van der Waals surface area contributed by atoms with Gasteiger partial charge in [0.05, 0.1) is 12.7 Å². The number of phosphoric acid groups is 1. The Morgan fingerprint density at radius 3 is 2.27 bits per heavy atom. The number of carbonyl (C=O) groups excluding carboxylic acids is 1. The van der Waals surface area contributed by atoms with Crippen molar-refractivity contribution in [2.24, 2.45) is 0 Å². The number of aliphatic hydroxyl groups excluding tert-OH is 2. The number of hydrogen-bond donors (Lipinski definition) is 4. The zero-order valence-corrected chi connectivity index (χ0v) is 19.2. The van der Waals surface area contributed by atoms with Crippen LogP contribution in [0, 0.1) is 0 Å². The molecule has 0 fully saturated rings. The quantitative estimate of drug-likeness (QED) is 0.0942. The lowest BCUT2D eigenvalue weighted by atomic mass is 10.1. The van der Waals surface area contributed by atoms with Crippen molar-refractivity contribution in [3.63, 3.8) is 0 Å². The van der Waals surface area contributed by atoms with Crippen molar-refractivity contribution in [3.8, 4) is 0 Å². The molecule has 4 N–H and O–H groups in total. The second-order valence-electron chi connectivity index (χ2n) is 7.63. The third kappa shape index (κ3) is 21.9. The molecule has 0 aromatic carbocycles. The zero-order valence-electron chi connectivity index (χ0n) is 18.3. The van der Waals surface area contributed by atoms with Crippen molar-refractivity contribution in [2.45, 2.75) is 103 Å². The van der Waals surface area contributed by atoms with Crippen LogP contribution in [-0.4, -0.2) is 51.4 Å². The molecule has 0 aliphatic carbocycles. The van der Waals surface area contributed by atoms with Crippen molar-refractivity contribution >= 4 is 13.8 Å². The van der Waals surface area contributed by atoms with Gasteiger partial charge in [0.25, 0.3) is 0 Å². The highest BCUT2D eigenvalue weighted by molar-refractivity contribution is 7.46. The summed E-state index contributed by atoms with van der Waals surface area (Å²) in [4.78, 5) is 28.6. The molecule has 0 rings (SSSR count). The first kappa shape index (κ1) is 29.2. The molecule has 0 aromatic heterocycles. The molecular formula is C21H41O8P. The molecule has 9 heteroatoms. The smallest absolute Gasteiger partial charge is 0.463 e. The topological polar surface area (TPSA) is 134 Å². The summed E-state index contributed by atoms with van der Waals surface area (Å²) in [6, 6.07) is 0. The van der Waals surface area contributed by atoms with Gasteiger partial charge in [-0.3, -0.25) is 9.32 Å². The van der Waals surface area contributed by atoms with E-state index in [4.69, 9.17) is 14.5 Å². The standard InChI is InChI=1S/C21H41O8P/c1-2-3-4-5-6-8-11-14-19(22)15-12-9-7-10-13-16-21(24)28-17-20(23)18-29-30(25,26)27/h11,14,19-20,22-23H,2-10,12-13,15-18H2,1H3,(H2,25,26,27)/t19?,20-/m0/s1. The van der Waals surface area contributed by atoms with E-state index in [0.29, 0.717) is 6.42 Å². The average molecular weight is 453 g/mol. The van der Waals surface area contributed by atoms with Gasteiger partial charge in [-0.15, -0.1) is 0 Å². The van der Waals surface area contributed by atoms with Crippen molar-refractivity contribution in [2.75, 3.05) is 13.2 Å². The van der Waals surface area contributed by atoms with Gasteiger partial charge in [0.2, 0.25) is 0 Å². The van der Waals surface area contributed by atoms with Crippen LogP contribution in [0.4, 0.5) is 0 Å². The van der Waals surface area contributed by atoms with Crippen LogP contribution < -0.4 is 0 Å². The van der Waals surface area contributed by atoms with Gasteiger partial charge in [-0.1, -0.05) is 70.4 Å². The van der Waals surface area contributed by atoms with Crippen molar-refractivity contribution < 1.29 is 38.6 Å². The van der Waals surface area contributed by atoms with Crippen LogP contribution in [0.2, 0.25) is 0 Å². The number of hydrogen-bond acceptors (Lipinski definition) is 6. The van der Waals surface area contributed by atoms with E-state index >= 15 is 0 Å². The monoisotopic (exact) mass is 452 g/mol. The molecular weight excluding hydrogens is 411 g/mol. The van der Waals surface area contributed by atoms with Crippen molar-refractivity contribution in [1.29, 1.82) is 0 Å². The second-order valence-corrected chi connectivity index (χ2v) is 8.87. The Morgan fingerprint density at radius 1 is 0.933 bits per heavy atom. The SMILES string of the molecule is CCCCCCCC=CC(O)CCCCCCCC(=O)OC[C@H](O)COP(=O)(O)O. The molecule has 178 valence electrons. The van der Waals surface area contributed by atoms with Crippen LogP contribution in [0.1, 0.15) is 90.4 Å². The fourth-order valence-electron chi connectivity index (χ4n) is 2.86. The minimum Gasteiger partial charge on any atom is -0.463 e. The third-order valence-corrected chi connectivity index (χ3v) is 5.07. The van der Waals surface area contributed by atoms with Gasteiger partial charge in [-0.2, -0.15) is 0 Å². The Kier molecular flexibility index (Phi) is 18.5. The maximum atomic E-state index is 11.6. The highest BCUT2D eigenvalue weighted by Crippen LogP contribution is 2.35. The first-order valence-electron chi connectivity index (χ1n) is 11.1. The van der Waals surface area contributed by atoms with Crippen LogP contribution in [0.3, 0.4) is 0 Å². The predicted molar refractivity (Wildman–Crippen MR) is 116 cm³/mol. The molecule has 0 saturated carbocycles. The Bertz CT molecular complexity index is 491. The summed E-state index contributed by atoms with van der Waals surface area (Å²) in [5, 5.41) is 19.3. The minimum atomic E-state index is -4.64. The van der Waals surface area contributed by atoms with Gasteiger partial charge >= 0.3 is 13.8 Å². The summed E-state index contributed by atoms with van der Waals surface area (Å²) in [6.45, 7) is 1.25. The van der Waals surface area contributed by atoms with Gasteiger partial charge in [0.1, 0.15) is 12.7 Å². The number of rotatable bonds is 20. The van der Waals surface area contributed by atoms with Gasteiger partial charge in [-0.05, 0) is 25.7 Å². The zero-order chi connectivity index (χ0) is 22.7. The van der Waals surface area contributed by atoms with E-state index in [2.05, 4.69) is 17.5 Å². The number of aliphatic hydroxyl groups is 2. The summed E-state index contributed by atoms with van der Waals surface area (Å²) in [6.07, 6.45) is 15.1. The summed E-state index contributed by atoms with van der Waals surface area (Å²) >= 11 is 0. The second kappa shape index (κ2) is 19.0. The van der Waals surface area contributed by atoms with Crippen LogP contribution in [-0.2, 0) is 18.6 Å². The Labute approximate surface area is 180 Å². The molecule has 0 saturated heterocycles. The van der Waals surface area contributed by atoms with E-state index in [1.165, 1.54) is 32.1 Å². The largest absolute Gasteiger partial charge is 0.469 e. The van der Waals surface area contributed by atoms with E-state index in [0.717, 1.165) is 38.5 Å². The summed E-state index contributed by atoms with van der Waals surface area (Å²) < 4.78 is 19.5. The molecule has 0 amide bonds. The Hall–Kier alpha value is -0.760. The van der Waals surface area contributed by atoms with E-state index in [-0.39, 0.29) is 19.1 Å². The van der Waals surface area contributed by atoms with E-state index in [1.54, 1.807) is 0 Å². The molecule has 0 aliphatic heterocycles. The summed E-state index contributed by atoms with van der Waals surface area (Å²) in [5.41, 5.74) is 0. The highest BCUT2D eigenvalue weighted by atomic mass is 31.2. The molecule has 0 bridgehead atoms. The fraction of sp³-hybridized carbons (Fsp3) is 0.857. The number of unbranched alkanes of at least 4 members (excludes halogenated alkanes) is 9. The Balaban J connectivity index is 3.51. The van der Waals surface area contributed by atoms with Gasteiger partial charge in [0.15, 0.2) is 0 Å². The van der Waals surface area contributed by atoms with Crippen LogP contribution >= 0.6 is 7.82 Å². The van der Waals surface area contributed by atoms with E-state index in [1.807, 2.05) is 6.08 Å². The maximum absolute atomic E-state index is 11.6. The molecule has 0 spiro atoms.